The van der Waals surface area contributed by atoms with Crippen molar-refractivity contribution in [2.75, 3.05) is 6.61 Å². The van der Waals surface area contributed by atoms with E-state index in [-0.39, 0.29) is 14.9 Å². The van der Waals surface area contributed by atoms with Crippen molar-refractivity contribution < 1.29 is 4.74 Å². The lowest BCUT2D eigenvalue weighted by Gasteiger charge is -2.01. The first-order valence-electron chi connectivity index (χ1n) is 3.52. The predicted octanol–water partition coefficient (Wildman–Crippen LogP) is 3.67. The summed E-state index contributed by atoms with van der Waals surface area (Å²) < 4.78 is 5.26. The van der Waals surface area contributed by atoms with E-state index in [1.54, 1.807) is 0 Å². The molecule has 0 N–H and O–H groups in total. The van der Waals surface area contributed by atoms with Gasteiger partial charge in [-0.3, -0.25) is 0 Å². The Morgan fingerprint density at radius 2 is 1.58 bits per heavy atom. The molecule has 0 heterocycles. The van der Waals surface area contributed by atoms with Crippen LogP contribution in [-0.4, -0.2) is 6.61 Å². The Morgan fingerprint density at radius 3 is 2.00 bits per heavy atom. The molecule has 0 aliphatic carbocycles. The molecular weight excluding hydrogens is 148 g/mol. The molecule has 1 heteroatoms. The lowest BCUT2D eigenvalue weighted by Crippen LogP contribution is -1.90. The van der Waals surface area contributed by atoms with E-state index in [2.05, 4.69) is 6.92 Å². The van der Waals surface area contributed by atoms with Gasteiger partial charge in [-0.15, -0.1) is 0 Å². The zero-order chi connectivity index (χ0) is 7.40. The molecule has 12 heavy (non-hydrogen) atoms. The van der Waals surface area contributed by atoms with Gasteiger partial charge in [0.1, 0.15) is 5.75 Å². The average molecular weight is 168 g/mol. The largest absolute Gasteiger partial charge is 0.494 e. The molecule has 0 radical (unpaired) electrons. The van der Waals surface area contributed by atoms with E-state index in [4.69, 9.17) is 4.74 Å². The number of benzene rings is 1. The summed E-state index contributed by atoms with van der Waals surface area (Å²) in [7, 11) is 0. The fraction of sp³-hybridized carbons (Fsp3) is 0.455. The van der Waals surface area contributed by atoms with Crippen LogP contribution in [0.15, 0.2) is 24.3 Å². The Kier molecular flexibility index (Phi) is 7.61. The second kappa shape index (κ2) is 6.71. The molecule has 0 atom stereocenters. The minimum absolute atomic E-state index is 0. The van der Waals surface area contributed by atoms with Crippen LogP contribution in [0.5, 0.6) is 5.75 Å². The summed E-state index contributed by atoms with van der Waals surface area (Å²) in [5.74, 6) is 0.952. The number of aryl methyl sites for hydroxylation is 1. The van der Waals surface area contributed by atoms with E-state index in [0.717, 1.165) is 12.4 Å². The van der Waals surface area contributed by atoms with Crippen molar-refractivity contribution in [2.45, 2.75) is 28.7 Å². The van der Waals surface area contributed by atoms with Gasteiger partial charge in [0.15, 0.2) is 0 Å². The Labute approximate surface area is 76.4 Å². The molecule has 0 fully saturated rings. The van der Waals surface area contributed by atoms with E-state index in [1.165, 1.54) is 5.56 Å². The molecule has 0 aliphatic heterocycles. The summed E-state index contributed by atoms with van der Waals surface area (Å²) in [4.78, 5) is 0. The van der Waals surface area contributed by atoms with Gasteiger partial charge in [0.05, 0.1) is 6.61 Å². The van der Waals surface area contributed by atoms with Crippen LogP contribution in [0, 0.1) is 6.92 Å². The number of rotatable bonds is 2. The predicted molar refractivity (Wildman–Crippen MR) is 55.8 cm³/mol. The summed E-state index contributed by atoms with van der Waals surface area (Å²) in [6.07, 6.45) is 0. The molecule has 0 saturated carbocycles. The standard InChI is InChI=1S/C9H12O.2CH4/c1-3-10-9-6-4-8(2)5-7-9;;/h4-7H,3H2,1-2H3;2*1H4. The molecule has 70 valence electrons. The third-order valence-electron chi connectivity index (χ3n) is 1.33. The van der Waals surface area contributed by atoms with Gasteiger partial charge in [0, 0.05) is 0 Å². The minimum Gasteiger partial charge on any atom is -0.494 e. The number of ether oxygens (including phenoxy) is 1. The van der Waals surface area contributed by atoms with Crippen LogP contribution in [0.25, 0.3) is 0 Å². The molecule has 0 bridgehead atoms. The highest BCUT2D eigenvalue weighted by atomic mass is 16.5. The molecule has 0 aromatic heterocycles. The Hall–Kier alpha value is -0.980. The summed E-state index contributed by atoms with van der Waals surface area (Å²) in [5.41, 5.74) is 1.27. The second-order valence-corrected chi connectivity index (χ2v) is 2.25. The van der Waals surface area contributed by atoms with Crippen LogP contribution < -0.4 is 4.74 Å². The lowest BCUT2D eigenvalue weighted by molar-refractivity contribution is 0.340. The van der Waals surface area contributed by atoms with Gasteiger partial charge < -0.3 is 4.74 Å². The quantitative estimate of drug-likeness (QED) is 0.654. The third kappa shape index (κ3) is 4.02. The second-order valence-electron chi connectivity index (χ2n) is 2.25. The molecule has 1 nitrogen and oxygen atoms in total. The van der Waals surface area contributed by atoms with Gasteiger partial charge >= 0.3 is 0 Å². The Morgan fingerprint density at radius 1 is 1.08 bits per heavy atom. The topological polar surface area (TPSA) is 9.23 Å². The molecular formula is C11H20O. The van der Waals surface area contributed by atoms with Crippen LogP contribution in [0.3, 0.4) is 0 Å². The fourth-order valence-electron chi connectivity index (χ4n) is 0.801. The molecule has 0 aliphatic rings. The summed E-state index contributed by atoms with van der Waals surface area (Å²) >= 11 is 0. The van der Waals surface area contributed by atoms with Crippen LogP contribution >= 0.6 is 0 Å². The Balaban J connectivity index is 0. The van der Waals surface area contributed by atoms with Crippen molar-refractivity contribution in [3.05, 3.63) is 29.8 Å². The van der Waals surface area contributed by atoms with Crippen LogP contribution in [-0.2, 0) is 0 Å². The minimum atomic E-state index is 0. The monoisotopic (exact) mass is 168 g/mol. The molecule has 0 unspecified atom stereocenters. The number of hydrogen-bond acceptors (Lipinski definition) is 1. The molecule has 0 spiro atoms. The fourth-order valence-corrected chi connectivity index (χ4v) is 0.801. The SMILES string of the molecule is C.C.CCOc1ccc(C)cc1. The maximum atomic E-state index is 5.26. The van der Waals surface area contributed by atoms with Crippen molar-refractivity contribution in [2.24, 2.45) is 0 Å². The van der Waals surface area contributed by atoms with Gasteiger partial charge in [-0.25, -0.2) is 0 Å². The molecule has 0 saturated heterocycles. The maximum Gasteiger partial charge on any atom is 0.119 e. The molecule has 1 rings (SSSR count). The molecule has 1 aromatic carbocycles. The highest BCUT2D eigenvalue weighted by Crippen LogP contribution is 2.10. The first kappa shape index (κ1) is 13.6. The van der Waals surface area contributed by atoms with Gasteiger partial charge in [-0.05, 0) is 26.0 Å². The van der Waals surface area contributed by atoms with Crippen molar-refractivity contribution in [3.63, 3.8) is 0 Å². The van der Waals surface area contributed by atoms with E-state index in [9.17, 15) is 0 Å². The summed E-state index contributed by atoms with van der Waals surface area (Å²) in [6, 6.07) is 8.06. The van der Waals surface area contributed by atoms with Crippen molar-refractivity contribution in [1.29, 1.82) is 0 Å². The Bertz CT molecular complexity index is 189. The summed E-state index contributed by atoms with van der Waals surface area (Å²) in [5, 5.41) is 0. The number of hydrogen-bond donors (Lipinski definition) is 0. The lowest BCUT2D eigenvalue weighted by atomic mass is 10.2. The van der Waals surface area contributed by atoms with Gasteiger partial charge in [0.25, 0.3) is 0 Å². The normalized spacial score (nSPS) is 7.83. The zero-order valence-corrected chi connectivity index (χ0v) is 6.42. The zero-order valence-electron chi connectivity index (χ0n) is 6.42. The molecule has 0 amide bonds. The van der Waals surface area contributed by atoms with E-state index < -0.39 is 0 Å². The van der Waals surface area contributed by atoms with Crippen LogP contribution in [0.4, 0.5) is 0 Å². The molecule has 1 aromatic rings. The van der Waals surface area contributed by atoms with Gasteiger partial charge in [-0.2, -0.15) is 0 Å². The van der Waals surface area contributed by atoms with Crippen molar-refractivity contribution in [1.82, 2.24) is 0 Å². The van der Waals surface area contributed by atoms with Gasteiger partial charge in [0.2, 0.25) is 0 Å². The van der Waals surface area contributed by atoms with Crippen LogP contribution in [0.1, 0.15) is 27.3 Å². The summed E-state index contributed by atoms with van der Waals surface area (Å²) in [6.45, 7) is 4.79. The average Bonchev–Trinajstić information content (AvgIpc) is 1.95. The first-order chi connectivity index (χ1) is 4.83. The first-order valence-corrected chi connectivity index (χ1v) is 3.52. The maximum absolute atomic E-state index is 5.26. The van der Waals surface area contributed by atoms with Crippen LogP contribution in [0.2, 0.25) is 0 Å². The highest BCUT2D eigenvalue weighted by molar-refractivity contribution is 5.26. The van der Waals surface area contributed by atoms with E-state index in [0.29, 0.717) is 0 Å². The van der Waals surface area contributed by atoms with Crippen molar-refractivity contribution >= 4 is 0 Å². The smallest absolute Gasteiger partial charge is 0.119 e. The van der Waals surface area contributed by atoms with E-state index in [1.807, 2.05) is 31.2 Å². The van der Waals surface area contributed by atoms with Gasteiger partial charge in [-0.1, -0.05) is 32.5 Å². The van der Waals surface area contributed by atoms with E-state index >= 15 is 0 Å². The third-order valence-corrected chi connectivity index (χ3v) is 1.33. The van der Waals surface area contributed by atoms with Crippen molar-refractivity contribution in [3.8, 4) is 5.75 Å². The highest BCUT2D eigenvalue weighted by Gasteiger charge is 1.87.